The number of halogens is 1. The number of hydrogen-bond donors (Lipinski definition) is 0. The molecule has 1 amide bonds. The van der Waals surface area contributed by atoms with Gasteiger partial charge >= 0.3 is 5.69 Å². The molecule has 0 N–H and O–H groups in total. The van der Waals surface area contributed by atoms with Crippen molar-refractivity contribution in [1.29, 1.82) is 0 Å². The minimum atomic E-state index is -0.722. The van der Waals surface area contributed by atoms with Crippen molar-refractivity contribution in [3.63, 3.8) is 0 Å². The molecule has 0 spiro atoms. The van der Waals surface area contributed by atoms with Gasteiger partial charge in [-0.2, -0.15) is 9.78 Å². The number of rotatable bonds is 6. The molecule has 1 heterocycles. The molecular formula is C22H23ClN4O3. The predicted octanol–water partition coefficient (Wildman–Crippen LogP) is 2.89. The maximum Gasteiger partial charge on any atom is 0.352 e. The van der Waals surface area contributed by atoms with E-state index in [0.29, 0.717) is 29.4 Å². The van der Waals surface area contributed by atoms with Crippen LogP contribution >= 0.6 is 11.6 Å². The van der Waals surface area contributed by atoms with E-state index in [9.17, 15) is 14.4 Å². The summed E-state index contributed by atoms with van der Waals surface area (Å²) in [7, 11) is 0. The third-order valence-electron chi connectivity index (χ3n) is 4.82. The number of amides is 1. The van der Waals surface area contributed by atoms with Crippen LogP contribution in [-0.2, 0) is 6.54 Å². The molecule has 1 aromatic heterocycles. The molecule has 0 saturated carbocycles. The molecule has 156 valence electrons. The van der Waals surface area contributed by atoms with Crippen molar-refractivity contribution in [3.8, 4) is 5.69 Å². The van der Waals surface area contributed by atoms with Crippen molar-refractivity contribution < 1.29 is 4.79 Å². The predicted molar refractivity (Wildman–Crippen MR) is 117 cm³/mol. The van der Waals surface area contributed by atoms with Crippen LogP contribution in [0.4, 0.5) is 0 Å². The maximum absolute atomic E-state index is 13.2. The molecule has 0 atom stereocenters. The zero-order chi connectivity index (χ0) is 21.8. The molecule has 0 saturated heterocycles. The van der Waals surface area contributed by atoms with Crippen molar-refractivity contribution in [2.24, 2.45) is 0 Å². The molecule has 0 bridgehead atoms. The summed E-state index contributed by atoms with van der Waals surface area (Å²) < 4.78 is 2.12. The van der Waals surface area contributed by atoms with Crippen LogP contribution in [0.15, 0.2) is 58.1 Å². The number of aryl methyl sites for hydroxylation is 1. The number of carbonyl (C=O) groups excluding carboxylic acids is 1. The summed E-state index contributed by atoms with van der Waals surface area (Å²) in [5.74, 6) is -0.509. The third kappa shape index (κ3) is 4.36. The fourth-order valence-corrected chi connectivity index (χ4v) is 3.33. The number of nitrogens with zero attached hydrogens (tertiary/aromatic N) is 4. The number of aromatic nitrogens is 3. The molecule has 0 radical (unpaired) electrons. The topological polar surface area (TPSA) is 77.2 Å². The third-order valence-corrected chi connectivity index (χ3v) is 5.06. The molecule has 3 rings (SSSR count). The quantitative estimate of drug-likeness (QED) is 0.607. The van der Waals surface area contributed by atoms with Crippen LogP contribution in [0.2, 0.25) is 5.02 Å². The molecule has 3 aromatic rings. The highest BCUT2D eigenvalue weighted by Crippen LogP contribution is 2.11. The first-order chi connectivity index (χ1) is 14.3. The van der Waals surface area contributed by atoms with E-state index in [1.54, 1.807) is 36.4 Å². The molecule has 0 aliphatic rings. The summed E-state index contributed by atoms with van der Waals surface area (Å²) in [4.78, 5) is 40.7. The van der Waals surface area contributed by atoms with Gasteiger partial charge in [-0.05, 0) is 50.6 Å². The SMILES string of the molecule is CCN(CC)C(=O)c1nn(-c2ccc(C)cc2)c(=O)n(Cc2cccc(Cl)c2)c1=O. The average Bonchev–Trinajstić information content (AvgIpc) is 2.73. The second-order valence-electron chi connectivity index (χ2n) is 6.88. The summed E-state index contributed by atoms with van der Waals surface area (Å²) in [6.07, 6.45) is 0. The summed E-state index contributed by atoms with van der Waals surface area (Å²) in [5.41, 5.74) is 0.517. The first-order valence-electron chi connectivity index (χ1n) is 9.70. The molecule has 7 nitrogen and oxygen atoms in total. The molecule has 0 aliphatic carbocycles. The first-order valence-corrected chi connectivity index (χ1v) is 10.1. The van der Waals surface area contributed by atoms with Gasteiger partial charge in [-0.15, -0.1) is 0 Å². The van der Waals surface area contributed by atoms with Gasteiger partial charge in [0.15, 0.2) is 0 Å². The van der Waals surface area contributed by atoms with Crippen molar-refractivity contribution in [2.75, 3.05) is 13.1 Å². The standard InChI is InChI=1S/C22H23ClN4O3/c1-4-25(5-2)20(28)19-21(29)26(14-16-7-6-8-17(23)13-16)22(30)27(24-19)18-11-9-15(3)10-12-18/h6-13H,4-5,14H2,1-3H3. The van der Waals surface area contributed by atoms with Crippen molar-refractivity contribution >= 4 is 17.5 Å². The molecule has 0 unspecified atom stereocenters. The van der Waals surface area contributed by atoms with Crippen LogP contribution in [0.5, 0.6) is 0 Å². The number of hydrogen-bond acceptors (Lipinski definition) is 4. The second-order valence-corrected chi connectivity index (χ2v) is 7.31. The van der Waals surface area contributed by atoms with Gasteiger partial charge in [-0.1, -0.05) is 41.4 Å². The van der Waals surface area contributed by atoms with Crippen molar-refractivity contribution in [1.82, 2.24) is 19.2 Å². The highest BCUT2D eigenvalue weighted by atomic mass is 35.5. The molecule has 2 aromatic carbocycles. The first kappa shape index (κ1) is 21.5. The van der Waals surface area contributed by atoms with Crippen LogP contribution in [0.25, 0.3) is 5.69 Å². The Morgan fingerprint density at radius 3 is 2.33 bits per heavy atom. The number of benzene rings is 2. The zero-order valence-corrected chi connectivity index (χ0v) is 17.9. The fourth-order valence-electron chi connectivity index (χ4n) is 3.12. The Bertz CT molecular complexity index is 1180. The summed E-state index contributed by atoms with van der Waals surface area (Å²) in [6.45, 7) is 6.40. The van der Waals surface area contributed by atoms with Crippen molar-refractivity contribution in [2.45, 2.75) is 27.3 Å². The minimum Gasteiger partial charge on any atom is -0.338 e. The minimum absolute atomic E-state index is 0.0227. The van der Waals surface area contributed by atoms with Crippen LogP contribution in [-0.4, -0.2) is 38.2 Å². The highest BCUT2D eigenvalue weighted by molar-refractivity contribution is 6.30. The van der Waals surface area contributed by atoms with Gasteiger partial charge in [0.2, 0.25) is 5.69 Å². The molecule has 0 fully saturated rings. The monoisotopic (exact) mass is 426 g/mol. The Hall–Kier alpha value is -3.19. The van der Waals surface area contributed by atoms with E-state index < -0.39 is 17.2 Å². The Balaban J connectivity index is 2.24. The Kier molecular flexibility index (Phi) is 6.52. The fraction of sp³-hybridized carbons (Fsp3) is 0.273. The Labute approximate surface area is 179 Å². The molecule has 30 heavy (non-hydrogen) atoms. The van der Waals surface area contributed by atoms with E-state index in [2.05, 4.69) is 5.10 Å². The van der Waals surface area contributed by atoms with Gasteiger partial charge in [0.25, 0.3) is 11.5 Å². The summed E-state index contributed by atoms with van der Waals surface area (Å²) in [6, 6.07) is 14.0. The summed E-state index contributed by atoms with van der Waals surface area (Å²) >= 11 is 6.05. The van der Waals surface area contributed by atoms with E-state index in [-0.39, 0.29) is 12.2 Å². The molecule has 0 aliphatic heterocycles. The van der Waals surface area contributed by atoms with E-state index in [1.165, 1.54) is 4.90 Å². The maximum atomic E-state index is 13.2. The van der Waals surface area contributed by atoms with Gasteiger partial charge in [0.1, 0.15) is 0 Å². The molecule has 8 heteroatoms. The average molecular weight is 427 g/mol. The van der Waals surface area contributed by atoms with Crippen molar-refractivity contribution in [3.05, 3.63) is 91.2 Å². The van der Waals surface area contributed by atoms with E-state index in [0.717, 1.165) is 14.8 Å². The van der Waals surface area contributed by atoms with Gasteiger partial charge < -0.3 is 4.90 Å². The van der Waals surface area contributed by atoms with Gasteiger partial charge in [0, 0.05) is 18.1 Å². The lowest BCUT2D eigenvalue weighted by Crippen LogP contribution is -2.46. The highest BCUT2D eigenvalue weighted by Gasteiger charge is 2.23. The van der Waals surface area contributed by atoms with Crippen LogP contribution in [0, 0.1) is 6.92 Å². The lowest BCUT2D eigenvalue weighted by atomic mass is 10.2. The Morgan fingerprint density at radius 1 is 1.07 bits per heavy atom. The number of carbonyl (C=O) groups is 1. The smallest absolute Gasteiger partial charge is 0.338 e. The summed E-state index contributed by atoms with van der Waals surface area (Å²) in [5, 5.41) is 4.66. The van der Waals surface area contributed by atoms with E-state index >= 15 is 0 Å². The largest absolute Gasteiger partial charge is 0.352 e. The lowest BCUT2D eigenvalue weighted by molar-refractivity contribution is 0.0761. The van der Waals surface area contributed by atoms with E-state index in [1.807, 2.05) is 32.9 Å². The van der Waals surface area contributed by atoms with Gasteiger partial charge in [-0.3, -0.25) is 14.2 Å². The van der Waals surface area contributed by atoms with Crippen LogP contribution in [0.1, 0.15) is 35.5 Å². The normalized spacial score (nSPS) is 10.8. The lowest BCUT2D eigenvalue weighted by Gasteiger charge is -2.19. The molecular weight excluding hydrogens is 404 g/mol. The van der Waals surface area contributed by atoms with Gasteiger partial charge in [0.05, 0.1) is 12.2 Å². The van der Waals surface area contributed by atoms with Crippen LogP contribution in [0.3, 0.4) is 0 Å². The zero-order valence-electron chi connectivity index (χ0n) is 17.1. The van der Waals surface area contributed by atoms with E-state index in [4.69, 9.17) is 11.6 Å². The Morgan fingerprint density at radius 2 is 1.73 bits per heavy atom. The second kappa shape index (κ2) is 9.09. The van der Waals surface area contributed by atoms with Crippen LogP contribution < -0.4 is 11.2 Å². The van der Waals surface area contributed by atoms with Gasteiger partial charge in [-0.25, -0.2) is 4.79 Å².